The Balaban J connectivity index is 2.36. The molecule has 1 heterocycles. The molecule has 72 valence electrons. The summed E-state index contributed by atoms with van der Waals surface area (Å²) >= 11 is 0. The lowest BCUT2D eigenvalue weighted by molar-refractivity contribution is -0.506. The first-order valence-electron chi connectivity index (χ1n) is 4.21. The van der Waals surface area contributed by atoms with Crippen LogP contribution >= 0.6 is 0 Å². The Labute approximate surface area is 79.9 Å². The number of anilines is 1. The molecule has 0 saturated carbocycles. The van der Waals surface area contributed by atoms with Crippen LogP contribution in [0.15, 0.2) is 24.3 Å². The van der Waals surface area contributed by atoms with E-state index < -0.39 is 16.9 Å². The molecule has 0 bridgehead atoms. The highest BCUT2D eigenvalue weighted by Gasteiger charge is 2.34. The molecule has 1 aromatic rings. The van der Waals surface area contributed by atoms with Crippen molar-refractivity contribution in [1.29, 1.82) is 0 Å². The zero-order chi connectivity index (χ0) is 10.1. The van der Waals surface area contributed by atoms with Crippen molar-refractivity contribution in [2.75, 3.05) is 5.32 Å². The third-order valence-corrected chi connectivity index (χ3v) is 2.25. The van der Waals surface area contributed by atoms with Gasteiger partial charge in [0.05, 0.1) is 6.42 Å². The van der Waals surface area contributed by atoms with E-state index in [0.29, 0.717) is 5.69 Å². The number of nitrogens with zero attached hydrogens (tertiary/aromatic N) is 1. The summed E-state index contributed by atoms with van der Waals surface area (Å²) in [7, 11) is 0. The van der Waals surface area contributed by atoms with Gasteiger partial charge in [0.15, 0.2) is 0 Å². The van der Waals surface area contributed by atoms with Gasteiger partial charge in [-0.3, -0.25) is 14.9 Å². The summed E-state index contributed by atoms with van der Waals surface area (Å²) in [6.45, 7) is 0. The Hall–Kier alpha value is -1.91. The van der Waals surface area contributed by atoms with Crippen molar-refractivity contribution >= 4 is 11.6 Å². The fourth-order valence-corrected chi connectivity index (χ4v) is 1.51. The van der Waals surface area contributed by atoms with Gasteiger partial charge >= 0.3 is 0 Å². The monoisotopic (exact) mass is 192 g/mol. The fourth-order valence-electron chi connectivity index (χ4n) is 1.51. The number of carbonyl (C=O) groups excluding carboxylic acids is 1. The van der Waals surface area contributed by atoms with Crippen LogP contribution in [0.4, 0.5) is 5.69 Å². The lowest BCUT2D eigenvalue weighted by Crippen LogP contribution is -2.40. The molecular formula is C9H8N2O3. The highest BCUT2D eigenvalue weighted by atomic mass is 16.6. The summed E-state index contributed by atoms with van der Waals surface area (Å²) in [5, 5.41) is 13.0. The molecule has 1 unspecified atom stereocenters. The van der Waals surface area contributed by atoms with Crippen LogP contribution in [0.1, 0.15) is 5.56 Å². The van der Waals surface area contributed by atoms with Gasteiger partial charge in [0, 0.05) is 10.6 Å². The summed E-state index contributed by atoms with van der Waals surface area (Å²) in [5.41, 5.74) is 1.49. The fraction of sp³-hybridized carbons (Fsp3) is 0.222. The van der Waals surface area contributed by atoms with Gasteiger partial charge < -0.3 is 5.32 Å². The standard InChI is InChI=1S/C9H8N2O3/c12-9-8(11(13)14)5-6-3-1-2-4-7(6)10-9/h1-4,8H,5H2,(H,10,12). The minimum atomic E-state index is -1.15. The van der Waals surface area contributed by atoms with Gasteiger partial charge in [-0.25, -0.2) is 0 Å². The quantitative estimate of drug-likeness (QED) is 0.529. The molecule has 0 saturated heterocycles. The number of hydrogen-bond acceptors (Lipinski definition) is 3. The summed E-state index contributed by atoms with van der Waals surface area (Å²) in [6.07, 6.45) is 0.176. The van der Waals surface area contributed by atoms with Gasteiger partial charge in [0.2, 0.25) is 0 Å². The molecule has 1 aliphatic rings. The number of benzene rings is 1. The first-order valence-corrected chi connectivity index (χ1v) is 4.21. The zero-order valence-corrected chi connectivity index (χ0v) is 7.27. The topological polar surface area (TPSA) is 72.2 Å². The lowest BCUT2D eigenvalue weighted by Gasteiger charge is -2.18. The van der Waals surface area contributed by atoms with E-state index >= 15 is 0 Å². The van der Waals surface area contributed by atoms with Crippen molar-refractivity contribution < 1.29 is 9.72 Å². The van der Waals surface area contributed by atoms with Gasteiger partial charge in [0.25, 0.3) is 11.9 Å². The van der Waals surface area contributed by atoms with E-state index in [2.05, 4.69) is 5.32 Å². The van der Waals surface area contributed by atoms with Gasteiger partial charge in [0.1, 0.15) is 0 Å². The average molecular weight is 192 g/mol. The summed E-state index contributed by atoms with van der Waals surface area (Å²) in [5.74, 6) is -0.534. The van der Waals surface area contributed by atoms with Crippen LogP contribution in [-0.2, 0) is 11.2 Å². The van der Waals surface area contributed by atoms with E-state index in [1.807, 2.05) is 0 Å². The molecule has 0 fully saturated rings. The molecule has 0 spiro atoms. The lowest BCUT2D eigenvalue weighted by atomic mass is 10.00. The number of carbonyl (C=O) groups is 1. The number of nitro groups is 1. The highest BCUT2D eigenvalue weighted by molar-refractivity contribution is 5.97. The number of nitrogens with one attached hydrogen (secondary N) is 1. The maximum Gasteiger partial charge on any atom is 0.299 e. The smallest absolute Gasteiger partial charge is 0.299 e. The van der Waals surface area contributed by atoms with Gasteiger partial charge in [-0.1, -0.05) is 18.2 Å². The summed E-state index contributed by atoms with van der Waals surface area (Å²) in [4.78, 5) is 21.2. The predicted molar refractivity (Wildman–Crippen MR) is 49.6 cm³/mol. The van der Waals surface area contributed by atoms with Crippen molar-refractivity contribution in [2.24, 2.45) is 0 Å². The maximum absolute atomic E-state index is 11.2. The molecular weight excluding hydrogens is 184 g/mol. The zero-order valence-electron chi connectivity index (χ0n) is 7.27. The van der Waals surface area contributed by atoms with Crippen LogP contribution in [0.2, 0.25) is 0 Å². The van der Waals surface area contributed by atoms with Crippen LogP contribution in [0.5, 0.6) is 0 Å². The van der Waals surface area contributed by atoms with Crippen molar-refractivity contribution in [3.05, 3.63) is 39.9 Å². The number of rotatable bonds is 1. The SMILES string of the molecule is O=C1Nc2ccccc2CC1[N+](=O)[O-]. The van der Waals surface area contributed by atoms with Crippen molar-refractivity contribution in [3.63, 3.8) is 0 Å². The Bertz CT molecular complexity index is 403. The second-order valence-corrected chi connectivity index (χ2v) is 3.15. The van der Waals surface area contributed by atoms with Crippen LogP contribution in [0, 0.1) is 10.1 Å². The van der Waals surface area contributed by atoms with Gasteiger partial charge in [-0.15, -0.1) is 0 Å². The second kappa shape index (κ2) is 3.10. The third-order valence-electron chi connectivity index (χ3n) is 2.25. The Morgan fingerprint density at radius 1 is 1.43 bits per heavy atom. The summed E-state index contributed by atoms with van der Waals surface area (Å²) < 4.78 is 0. The van der Waals surface area contributed by atoms with E-state index in [-0.39, 0.29) is 6.42 Å². The molecule has 1 aliphatic heterocycles. The molecule has 0 aliphatic carbocycles. The van der Waals surface area contributed by atoms with Crippen molar-refractivity contribution in [2.45, 2.75) is 12.5 Å². The normalized spacial score (nSPS) is 19.7. The third kappa shape index (κ3) is 1.32. The Kier molecular flexibility index (Phi) is 1.92. The van der Waals surface area contributed by atoms with Crippen molar-refractivity contribution in [1.82, 2.24) is 0 Å². The van der Waals surface area contributed by atoms with Crippen LogP contribution in [0.25, 0.3) is 0 Å². The number of hydrogen-bond donors (Lipinski definition) is 1. The number of para-hydroxylation sites is 1. The first-order chi connectivity index (χ1) is 6.68. The van der Waals surface area contributed by atoms with E-state index in [9.17, 15) is 14.9 Å². The van der Waals surface area contributed by atoms with Crippen molar-refractivity contribution in [3.8, 4) is 0 Å². The maximum atomic E-state index is 11.2. The molecule has 1 atom stereocenters. The van der Waals surface area contributed by atoms with E-state index in [1.54, 1.807) is 24.3 Å². The molecule has 1 N–H and O–H groups in total. The van der Waals surface area contributed by atoms with Crippen LogP contribution in [0.3, 0.4) is 0 Å². The molecule has 1 amide bonds. The molecule has 5 nitrogen and oxygen atoms in total. The van der Waals surface area contributed by atoms with Gasteiger partial charge in [-0.05, 0) is 11.6 Å². The molecule has 0 aromatic heterocycles. The van der Waals surface area contributed by atoms with E-state index in [1.165, 1.54) is 0 Å². The molecule has 14 heavy (non-hydrogen) atoms. The molecule has 5 heteroatoms. The number of amides is 1. The van der Waals surface area contributed by atoms with Crippen LogP contribution < -0.4 is 5.32 Å². The largest absolute Gasteiger partial charge is 0.320 e. The predicted octanol–water partition coefficient (Wildman–Crippen LogP) is 0.826. The average Bonchev–Trinajstić information content (AvgIpc) is 2.16. The number of fused-ring (bicyclic) bond motifs is 1. The van der Waals surface area contributed by atoms with Crippen LogP contribution in [-0.4, -0.2) is 16.9 Å². The summed E-state index contributed by atoms with van der Waals surface area (Å²) in [6, 6.07) is 5.96. The molecule has 0 radical (unpaired) electrons. The minimum absolute atomic E-state index is 0.176. The van der Waals surface area contributed by atoms with E-state index in [4.69, 9.17) is 0 Å². The van der Waals surface area contributed by atoms with E-state index in [0.717, 1.165) is 5.56 Å². The highest BCUT2D eigenvalue weighted by Crippen LogP contribution is 2.22. The molecule has 2 rings (SSSR count). The minimum Gasteiger partial charge on any atom is -0.320 e. The van der Waals surface area contributed by atoms with Gasteiger partial charge in [-0.2, -0.15) is 0 Å². The Morgan fingerprint density at radius 2 is 2.14 bits per heavy atom. The first kappa shape index (κ1) is 8.68. The second-order valence-electron chi connectivity index (χ2n) is 3.15. The Morgan fingerprint density at radius 3 is 2.86 bits per heavy atom. The molecule has 1 aromatic carbocycles.